The molecule has 4 nitrogen and oxygen atoms in total. The second-order valence-corrected chi connectivity index (χ2v) is 3.96. The highest BCUT2D eigenvalue weighted by atomic mass is 16.5. The number of methoxy groups -OCH3 is 1. The minimum absolute atomic E-state index is 0.527. The molecular formula is C10H23N3O. The van der Waals surface area contributed by atoms with E-state index in [1.807, 2.05) is 0 Å². The summed E-state index contributed by atoms with van der Waals surface area (Å²) in [5.41, 5.74) is 5.64. The van der Waals surface area contributed by atoms with Crippen molar-refractivity contribution in [1.29, 1.82) is 0 Å². The maximum absolute atomic E-state index is 5.64. The number of nitrogens with zero attached hydrogens (tertiary/aromatic N) is 2. The van der Waals surface area contributed by atoms with Gasteiger partial charge in [-0.3, -0.25) is 9.80 Å². The summed E-state index contributed by atoms with van der Waals surface area (Å²) >= 11 is 0. The second-order valence-electron chi connectivity index (χ2n) is 3.96. The molecule has 1 rings (SSSR count). The van der Waals surface area contributed by atoms with Crippen molar-refractivity contribution >= 4 is 0 Å². The number of ether oxygens (including phenoxy) is 1. The van der Waals surface area contributed by atoms with Gasteiger partial charge in [-0.1, -0.05) is 0 Å². The van der Waals surface area contributed by atoms with E-state index in [2.05, 4.69) is 16.7 Å². The van der Waals surface area contributed by atoms with Crippen molar-refractivity contribution in [2.75, 3.05) is 53.0 Å². The lowest BCUT2D eigenvalue weighted by molar-refractivity contribution is 0.0806. The summed E-state index contributed by atoms with van der Waals surface area (Å²) < 4.78 is 5.06. The van der Waals surface area contributed by atoms with Crippen molar-refractivity contribution < 1.29 is 4.74 Å². The van der Waals surface area contributed by atoms with Crippen LogP contribution in [0.25, 0.3) is 0 Å². The Morgan fingerprint density at radius 1 is 1.29 bits per heavy atom. The minimum atomic E-state index is 0.527. The first-order chi connectivity index (χ1) is 6.77. The van der Waals surface area contributed by atoms with Crippen LogP contribution in [0.2, 0.25) is 0 Å². The number of hydrogen-bond acceptors (Lipinski definition) is 4. The molecule has 1 unspecified atom stereocenters. The van der Waals surface area contributed by atoms with E-state index in [-0.39, 0.29) is 0 Å². The van der Waals surface area contributed by atoms with Gasteiger partial charge >= 0.3 is 0 Å². The molecule has 14 heavy (non-hydrogen) atoms. The molecule has 1 aliphatic rings. The molecule has 0 radical (unpaired) electrons. The van der Waals surface area contributed by atoms with Crippen LogP contribution in [0.4, 0.5) is 0 Å². The standard InChI is InChI=1S/C10H23N3O/c1-10(9-11)13-5-3-12(4-6-13)7-8-14-2/h10H,3-9,11H2,1-2H3. The van der Waals surface area contributed by atoms with Crippen molar-refractivity contribution in [3.8, 4) is 0 Å². The van der Waals surface area contributed by atoms with E-state index in [0.717, 1.165) is 45.9 Å². The van der Waals surface area contributed by atoms with E-state index in [4.69, 9.17) is 10.5 Å². The topological polar surface area (TPSA) is 41.7 Å². The van der Waals surface area contributed by atoms with Crippen LogP contribution in [0.3, 0.4) is 0 Å². The van der Waals surface area contributed by atoms with E-state index < -0.39 is 0 Å². The van der Waals surface area contributed by atoms with Crippen molar-refractivity contribution in [2.24, 2.45) is 5.73 Å². The smallest absolute Gasteiger partial charge is 0.0589 e. The van der Waals surface area contributed by atoms with Crippen LogP contribution in [0.1, 0.15) is 6.92 Å². The molecular weight excluding hydrogens is 178 g/mol. The minimum Gasteiger partial charge on any atom is -0.383 e. The first kappa shape index (κ1) is 11.9. The fourth-order valence-corrected chi connectivity index (χ4v) is 1.80. The Labute approximate surface area is 87.0 Å². The lowest BCUT2D eigenvalue weighted by Gasteiger charge is -2.37. The summed E-state index contributed by atoms with van der Waals surface area (Å²) in [7, 11) is 1.76. The predicted molar refractivity (Wildman–Crippen MR) is 58.4 cm³/mol. The van der Waals surface area contributed by atoms with Crippen LogP contribution < -0.4 is 5.73 Å². The van der Waals surface area contributed by atoms with Crippen molar-refractivity contribution in [3.05, 3.63) is 0 Å². The molecule has 0 aromatic heterocycles. The second kappa shape index (κ2) is 6.35. The summed E-state index contributed by atoms with van der Waals surface area (Å²) in [5.74, 6) is 0. The van der Waals surface area contributed by atoms with Gasteiger partial charge in [0.25, 0.3) is 0 Å². The van der Waals surface area contributed by atoms with Gasteiger partial charge in [0.15, 0.2) is 0 Å². The molecule has 0 aromatic carbocycles. The van der Waals surface area contributed by atoms with Gasteiger partial charge in [0.05, 0.1) is 6.61 Å². The highest BCUT2D eigenvalue weighted by molar-refractivity contribution is 4.76. The molecule has 0 spiro atoms. The van der Waals surface area contributed by atoms with Crippen LogP contribution in [0.15, 0.2) is 0 Å². The van der Waals surface area contributed by atoms with E-state index in [1.165, 1.54) is 0 Å². The lowest BCUT2D eigenvalue weighted by Crippen LogP contribution is -2.51. The van der Waals surface area contributed by atoms with Crippen LogP contribution in [0, 0.1) is 0 Å². The Balaban J connectivity index is 2.17. The Morgan fingerprint density at radius 2 is 1.93 bits per heavy atom. The molecule has 0 bridgehead atoms. The Morgan fingerprint density at radius 3 is 2.43 bits per heavy atom. The zero-order valence-electron chi connectivity index (χ0n) is 9.41. The molecule has 1 aliphatic heterocycles. The maximum Gasteiger partial charge on any atom is 0.0589 e. The van der Waals surface area contributed by atoms with Gasteiger partial charge in [0, 0.05) is 52.4 Å². The van der Waals surface area contributed by atoms with E-state index >= 15 is 0 Å². The number of hydrogen-bond donors (Lipinski definition) is 1. The highest BCUT2D eigenvalue weighted by Crippen LogP contribution is 2.04. The average Bonchev–Trinajstić information content (AvgIpc) is 2.26. The summed E-state index contributed by atoms with van der Waals surface area (Å²) in [4.78, 5) is 4.91. The largest absolute Gasteiger partial charge is 0.383 e. The highest BCUT2D eigenvalue weighted by Gasteiger charge is 2.19. The molecule has 1 atom stereocenters. The molecule has 1 saturated heterocycles. The molecule has 4 heteroatoms. The third-order valence-corrected chi connectivity index (χ3v) is 2.98. The normalized spacial score (nSPS) is 22.5. The van der Waals surface area contributed by atoms with E-state index in [0.29, 0.717) is 6.04 Å². The number of rotatable bonds is 5. The summed E-state index contributed by atoms with van der Waals surface area (Å²) in [6, 6.07) is 0.527. The SMILES string of the molecule is COCCN1CCN(C(C)CN)CC1. The van der Waals surface area contributed by atoms with Crippen LogP contribution in [0.5, 0.6) is 0 Å². The first-order valence-corrected chi connectivity index (χ1v) is 5.43. The zero-order valence-corrected chi connectivity index (χ0v) is 9.41. The Hall–Kier alpha value is -0.160. The predicted octanol–water partition coefficient (Wildman–Crippen LogP) is -0.402. The molecule has 0 amide bonds. The van der Waals surface area contributed by atoms with Crippen molar-refractivity contribution in [1.82, 2.24) is 9.80 Å². The number of piperazine rings is 1. The molecule has 0 aromatic rings. The summed E-state index contributed by atoms with van der Waals surface area (Å²) in [6.45, 7) is 9.43. The van der Waals surface area contributed by atoms with Crippen LogP contribution in [-0.2, 0) is 4.74 Å². The zero-order chi connectivity index (χ0) is 10.4. The fraction of sp³-hybridized carbons (Fsp3) is 1.00. The third-order valence-electron chi connectivity index (χ3n) is 2.98. The van der Waals surface area contributed by atoms with Crippen LogP contribution in [-0.4, -0.2) is 68.8 Å². The Bertz CT molecular complexity index is 146. The fourth-order valence-electron chi connectivity index (χ4n) is 1.80. The number of nitrogens with two attached hydrogens (primary N) is 1. The molecule has 84 valence electrons. The van der Waals surface area contributed by atoms with Gasteiger partial charge in [0.1, 0.15) is 0 Å². The maximum atomic E-state index is 5.64. The molecule has 1 fully saturated rings. The quantitative estimate of drug-likeness (QED) is 0.657. The first-order valence-electron chi connectivity index (χ1n) is 5.43. The molecule has 0 saturated carbocycles. The van der Waals surface area contributed by atoms with Crippen molar-refractivity contribution in [2.45, 2.75) is 13.0 Å². The third kappa shape index (κ3) is 3.53. The van der Waals surface area contributed by atoms with Gasteiger partial charge in [-0.25, -0.2) is 0 Å². The van der Waals surface area contributed by atoms with Crippen molar-refractivity contribution in [3.63, 3.8) is 0 Å². The summed E-state index contributed by atoms with van der Waals surface area (Å²) in [6.07, 6.45) is 0. The van der Waals surface area contributed by atoms with Gasteiger partial charge < -0.3 is 10.5 Å². The van der Waals surface area contributed by atoms with Gasteiger partial charge in [0.2, 0.25) is 0 Å². The lowest BCUT2D eigenvalue weighted by atomic mass is 10.2. The molecule has 0 aliphatic carbocycles. The summed E-state index contributed by atoms with van der Waals surface area (Å²) in [5, 5.41) is 0. The van der Waals surface area contributed by atoms with E-state index in [1.54, 1.807) is 7.11 Å². The van der Waals surface area contributed by atoms with E-state index in [9.17, 15) is 0 Å². The average molecular weight is 201 g/mol. The molecule has 1 heterocycles. The van der Waals surface area contributed by atoms with Gasteiger partial charge in [-0.15, -0.1) is 0 Å². The molecule has 2 N–H and O–H groups in total. The van der Waals surface area contributed by atoms with Gasteiger partial charge in [-0.2, -0.15) is 0 Å². The Kier molecular flexibility index (Phi) is 5.40. The monoisotopic (exact) mass is 201 g/mol. The van der Waals surface area contributed by atoms with Gasteiger partial charge in [-0.05, 0) is 6.92 Å². The van der Waals surface area contributed by atoms with Crippen LogP contribution >= 0.6 is 0 Å².